The molecule has 2 N–H and O–H groups in total. The van der Waals surface area contributed by atoms with Gasteiger partial charge in [0.25, 0.3) is 0 Å². The van der Waals surface area contributed by atoms with Crippen LogP contribution in [0.4, 0.5) is 4.39 Å². The Morgan fingerprint density at radius 3 is 2.44 bits per heavy atom. The van der Waals surface area contributed by atoms with Crippen LogP contribution in [0.15, 0.2) is 39.6 Å². The molecule has 146 valence electrons. The number of nitrogens with one attached hydrogen (secondary N) is 1. The van der Waals surface area contributed by atoms with Crippen LogP contribution in [-0.4, -0.2) is 43.9 Å². The van der Waals surface area contributed by atoms with E-state index in [4.69, 9.17) is 9.52 Å². The van der Waals surface area contributed by atoms with Crippen molar-refractivity contribution in [2.24, 2.45) is 0 Å². The third kappa shape index (κ3) is 5.38. The average Bonchev–Trinajstić information content (AvgIpc) is 2.95. The van der Waals surface area contributed by atoms with Gasteiger partial charge in [0.2, 0.25) is 15.9 Å². The summed E-state index contributed by atoms with van der Waals surface area (Å²) in [5, 5.41) is 9.00. The van der Waals surface area contributed by atoms with Crippen LogP contribution >= 0.6 is 0 Å². The van der Waals surface area contributed by atoms with E-state index in [1.807, 2.05) is 0 Å². The molecule has 2 aromatic rings. The van der Waals surface area contributed by atoms with E-state index in [2.05, 4.69) is 4.72 Å². The standard InChI is InChI=1S/C17H19FN2O6S/c1-11-15(17(22)23)9-13(26-11)10-20(2)16(21)7-8-19-27(24,25)14-5-3-12(18)4-6-14/h3-6,9,19H,7-8,10H2,1-2H3,(H,22,23). The summed E-state index contributed by atoms with van der Waals surface area (Å²) in [7, 11) is -2.35. The maximum absolute atomic E-state index is 12.9. The van der Waals surface area contributed by atoms with Gasteiger partial charge in [0, 0.05) is 20.0 Å². The van der Waals surface area contributed by atoms with Crippen molar-refractivity contribution in [1.29, 1.82) is 0 Å². The molecule has 1 heterocycles. The van der Waals surface area contributed by atoms with Gasteiger partial charge in [-0.1, -0.05) is 0 Å². The quantitative estimate of drug-likeness (QED) is 0.700. The largest absolute Gasteiger partial charge is 0.478 e. The van der Waals surface area contributed by atoms with Crippen LogP contribution in [0.5, 0.6) is 0 Å². The fourth-order valence-corrected chi connectivity index (χ4v) is 3.37. The Bertz CT molecular complexity index is 937. The SMILES string of the molecule is Cc1oc(CN(C)C(=O)CCNS(=O)(=O)c2ccc(F)cc2)cc1C(=O)O. The topological polar surface area (TPSA) is 117 Å². The second-order valence-corrected chi connectivity index (χ2v) is 7.61. The summed E-state index contributed by atoms with van der Waals surface area (Å²) in [6.45, 7) is 1.43. The lowest BCUT2D eigenvalue weighted by molar-refractivity contribution is -0.130. The number of rotatable bonds is 8. The number of hydrogen-bond donors (Lipinski definition) is 2. The maximum Gasteiger partial charge on any atom is 0.339 e. The van der Waals surface area contributed by atoms with Crippen LogP contribution in [0.2, 0.25) is 0 Å². The van der Waals surface area contributed by atoms with Crippen molar-refractivity contribution in [2.75, 3.05) is 13.6 Å². The Kier molecular flexibility index (Phi) is 6.34. The van der Waals surface area contributed by atoms with Gasteiger partial charge in [-0.05, 0) is 37.3 Å². The highest BCUT2D eigenvalue weighted by Crippen LogP contribution is 2.16. The van der Waals surface area contributed by atoms with E-state index in [0.29, 0.717) is 5.76 Å². The number of halogens is 1. The first-order valence-corrected chi connectivity index (χ1v) is 9.40. The van der Waals surface area contributed by atoms with Gasteiger partial charge >= 0.3 is 5.97 Å². The van der Waals surface area contributed by atoms with E-state index in [9.17, 15) is 22.4 Å². The van der Waals surface area contributed by atoms with Crippen molar-refractivity contribution in [2.45, 2.75) is 24.8 Å². The van der Waals surface area contributed by atoms with Gasteiger partial charge in [0.05, 0.1) is 11.4 Å². The molecule has 0 bridgehead atoms. The lowest BCUT2D eigenvalue weighted by Gasteiger charge is -2.16. The molecular weight excluding hydrogens is 379 g/mol. The van der Waals surface area contributed by atoms with Gasteiger partial charge in [-0.25, -0.2) is 22.3 Å². The van der Waals surface area contributed by atoms with Crippen molar-refractivity contribution in [3.8, 4) is 0 Å². The number of sulfonamides is 1. The molecule has 0 unspecified atom stereocenters. The summed E-state index contributed by atoms with van der Waals surface area (Å²) in [6, 6.07) is 5.67. The monoisotopic (exact) mass is 398 g/mol. The Labute approximate surface area is 155 Å². The first-order chi connectivity index (χ1) is 12.6. The number of hydrogen-bond acceptors (Lipinski definition) is 5. The first-order valence-electron chi connectivity index (χ1n) is 7.92. The van der Waals surface area contributed by atoms with Gasteiger partial charge in [-0.3, -0.25) is 4.79 Å². The normalized spacial score (nSPS) is 11.4. The molecular formula is C17H19FN2O6S. The molecule has 0 saturated carbocycles. The summed E-state index contributed by atoms with van der Waals surface area (Å²) in [4.78, 5) is 24.3. The maximum atomic E-state index is 12.9. The van der Waals surface area contributed by atoms with Gasteiger partial charge in [-0.15, -0.1) is 0 Å². The number of carboxylic acids is 1. The third-order valence-electron chi connectivity index (χ3n) is 3.77. The van der Waals surface area contributed by atoms with Gasteiger partial charge in [0.1, 0.15) is 22.9 Å². The molecule has 0 aliphatic carbocycles. The van der Waals surface area contributed by atoms with E-state index in [-0.39, 0.29) is 41.6 Å². The Balaban J connectivity index is 1.88. The molecule has 0 aliphatic rings. The van der Waals surface area contributed by atoms with E-state index in [0.717, 1.165) is 24.3 Å². The average molecular weight is 398 g/mol. The summed E-state index contributed by atoms with van der Waals surface area (Å²) in [5.74, 6) is -1.47. The highest BCUT2D eigenvalue weighted by Gasteiger charge is 2.18. The molecule has 1 amide bonds. The Hall–Kier alpha value is -2.72. The number of amides is 1. The Morgan fingerprint density at radius 1 is 1.26 bits per heavy atom. The van der Waals surface area contributed by atoms with Gasteiger partial charge < -0.3 is 14.4 Å². The lowest BCUT2D eigenvalue weighted by atomic mass is 10.2. The number of furan rings is 1. The van der Waals surface area contributed by atoms with Gasteiger partial charge in [-0.2, -0.15) is 0 Å². The van der Waals surface area contributed by atoms with Crippen molar-refractivity contribution in [3.63, 3.8) is 0 Å². The van der Waals surface area contributed by atoms with Crippen LogP contribution in [0, 0.1) is 12.7 Å². The summed E-state index contributed by atoms with van der Waals surface area (Å²) in [6.07, 6.45) is -0.109. The predicted octanol–water partition coefficient (Wildman–Crippen LogP) is 1.75. The summed E-state index contributed by atoms with van der Waals surface area (Å²) in [5.41, 5.74) is 0.0258. The van der Waals surface area contributed by atoms with E-state index >= 15 is 0 Å². The predicted molar refractivity (Wildman–Crippen MR) is 93.1 cm³/mol. The minimum absolute atomic E-state index is 0.0258. The van der Waals surface area contributed by atoms with Crippen LogP contribution in [0.3, 0.4) is 0 Å². The lowest BCUT2D eigenvalue weighted by Crippen LogP contribution is -2.31. The molecule has 0 radical (unpaired) electrons. The second kappa shape index (κ2) is 8.31. The molecule has 0 atom stereocenters. The smallest absolute Gasteiger partial charge is 0.339 e. The molecule has 0 fully saturated rings. The molecule has 0 spiro atoms. The minimum atomic E-state index is -3.84. The summed E-state index contributed by atoms with van der Waals surface area (Å²) >= 11 is 0. The zero-order valence-corrected chi connectivity index (χ0v) is 15.5. The first kappa shape index (κ1) is 20.6. The number of carbonyl (C=O) groups excluding carboxylic acids is 1. The number of aromatic carboxylic acids is 1. The van der Waals surface area contributed by atoms with Gasteiger partial charge in [0.15, 0.2) is 0 Å². The molecule has 10 heteroatoms. The van der Waals surface area contributed by atoms with Crippen molar-refractivity contribution in [3.05, 3.63) is 53.2 Å². The summed E-state index contributed by atoms with van der Waals surface area (Å²) < 4.78 is 44.6. The van der Waals surface area contributed by atoms with Crippen LogP contribution in [0.25, 0.3) is 0 Å². The number of benzene rings is 1. The van der Waals surface area contributed by atoms with Crippen molar-refractivity contribution < 1.29 is 31.9 Å². The number of nitrogens with zero attached hydrogens (tertiary/aromatic N) is 1. The second-order valence-electron chi connectivity index (χ2n) is 5.84. The molecule has 27 heavy (non-hydrogen) atoms. The number of carbonyl (C=O) groups is 2. The molecule has 0 saturated heterocycles. The van der Waals surface area contributed by atoms with Crippen molar-refractivity contribution >= 4 is 21.9 Å². The van der Waals surface area contributed by atoms with E-state index in [1.165, 1.54) is 24.9 Å². The van der Waals surface area contributed by atoms with E-state index in [1.54, 1.807) is 0 Å². The number of carboxylic acid groups (broad SMARTS) is 1. The zero-order chi connectivity index (χ0) is 20.2. The molecule has 2 rings (SSSR count). The highest BCUT2D eigenvalue weighted by molar-refractivity contribution is 7.89. The number of aryl methyl sites for hydroxylation is 1. The van der Waals surface area contributed by atoms with Crippen LogP contribution in [0.1, 0.15) is 28.3 Å². The Morgan fingerprint density at radius 2 is 1.89 bits per heavy atom. The molecule has 1 aromatic heterocycles. The fourth-order valence-electron chi connectivity index (χ4n) is 2.34. The van der Waals surface area contributed by atoms with Crippen molar-refractivity contribution in [1.82, 2.24) is 9.62 Å². The fraction of sp³-hybridized carbons (Fsp3) is 0.294. The van der Waals surface area contributed by atoms with Crippen LogP contribution in [-0.2, 0) is 21.4 Å². The minimum Gasteiger partial charge on any atom is -0.478 e. The molecule has 1 aromatic carbocycles. The molecule has 8 nitrogen and oxygen atoms in total. The van der Waals surface area contributed by atoms with Crippen LogP contribution < -0.4 is 4.72 Å². The zero-order valence-electron chi connectivity index (χ0n) is 14.7. The third-order valence-corrected chi connectivity index (χ3v) is 5.25. The highest BCUT2D eigenvalue weighted by atomic mass is 32.2. The molecule has 0 aliphatic heterocycles. The van der Waals surface area contributed by atoms with E-state index < -0.39 is 21.8 Å².